The van der Waals surface area contributed by atoms with Crippen LogP contribution >= 0.6 is 0 Å². The van der Waals surface area contributed by atoms with Gasteiger partial charge in [0.25, 0.3) is 0 Å². The molecule has 0 aromatic carbocycles. The number of nitrogens with one attached hydrogen (secondary N) is 1. The first-order chi connectivity index (χ1) is 9.38. The van der Waals surface area contributed by atoms with Gasteiger partial charge in [-0.05, 0) is 58.2 Å². The van der Waals surface area contributed by atoms with Gasteiger partial charge in [0.1, 0.15) is 0 Å². The normalized spacial score (nSPS) is 37.4. The first-order valence-electron chi connectivity index (χ1n) is 8.60. The third-order valence-corrected chi connectivity index (χ3v) is 5.46. The summed E-state index contributed by atoms with van der Waals surface area (Å²) in [6.45, 7) is 8.88. The molecular formula is C16H31N3. The molecule has 2 heterocycles. The minimum Gasteiger partial charge on any atom is -0.312 e. The van der Waals surface area contributed by atoms with Gasteiger partial charge in [0.2, 0.25) is 0 Å². The predicted octanol–water partition coefficient (Wildman–Crippen LogP) is 2.08. The average molecular weight is 265 g/mol. The van der Waals surface area contributed by atoms with Crippen molar-refractivity contribution in [3.8, 4) is 0 Å². The molecule has 3 fully saturated rings. The maximum atomic E-state index is 3.79. The number of hydrogen-bond acceptors (Lipinski definition) is 3. The molecule has 3 nitrogen and oxygen atoms in total. The topological polar surface area (TPSA) is 18.5 Å². The zero-order valence-corrected chi connectivity index (χ0v) is 12.6. The summed E-state index contributed by atoms with van der Waals surface area (Å²) in [5, 5.41) is 3.79. The summed E-state index contributed by atoms with van der Waals surface area (Å²) >= 11 is 0. The van der Waals surface area contributed by atoms with Crippen LogP contribution in [-0.2, 0) is 0 Å². The van der Waals surface area contributed by atoms with Crippen molar-refractivity contribution >= 4 is 0 Å². The van der Waals surface area contributed by atoms with Crippen molar-refractivity contribution in [2.75, 3.05) is 32.7 Å². The molecule has 0 radical (unpaired) electrons. The summed E-state index contributed by atoms with van der Waals surface area (Å²) in [7, 11) is 0. The molecule has 19 heavy (non-hydrogen) atoms. The molecular weight excluding hydrogens is 234 g/mol. The number of rotatable bonds is 5. The summed E-state index contributed by atoms with van der Waals surface area (Å²) in [6, 6.07) is 2.48. The minimum absolute atomic E-state index is 0.775. The fourth-order valence-electron chi connectivity index (χ4n) is 4.42. The third kappa shape index (κ3) is 3.14. The van der Waals surface area contributed by atoms with Crippen molar-refractivity contribution in [2.24, 2.45) is 0 Å². The van der Waals surface area contributed by atoms with Crippen molar-refractivity contribution in [3.63, 3.8) is 0 Å². The first kappa shape index (κ1) is 13.8. The molecule has 3 heteroatoms. The Bertz CT molecular complexity index is 275. The Hall–Kier alpha value is -0.120. The largest absolute Gasteiger partial charge is 0.312 e. The number of nitrogens with zero attached hydrogens (tertiary/aromatic N) is 2. The lowest BCUT2D eigenvalue weighted by molar-refractivity contribution is 0.182. The Morgan fingerprint density at radius 1 is 0.947 bits per heavy atom. The van der Waals surface area contributed by atoms with Crippen LogP contribution in [0, 0.1) is 0 Å². The van der Waals surface area contributed by atoms with E-state index in [1.807, 2.05) is 0 Å². The molecule has 0 aromatic heterocycles. The average Bonchev–Trinajstić information content (AvgIpc) is 3.14. The highest BCUT2D eigenvalue weighted by Crippen LogP contribution is 2.29. The number of likely N-dealkylation sites (tertiary alicyclic amines) is 2. The Balaban J connectivity index is 1.51. The van der Waals surface area contributed by atoms with Gasteiger partial charge >= 0.3 is 0 Å². The second-order valence-corrected chi connectivity index (χ2v) is 6.74. The van der Waals surface area contributed by atoms with Crippen LogP contribution < -0.4 is 5.32 Å². The summed E-state index contributed by atoms with van der Waals surface area (Å²) in [5.41, 5.74) is 0. The van der Waals surface area contributed by atoms with Crippen molar-refractivity contribution in [1.29, 1.82) is 0 Å². The van der Waals surface area contributed by atoms with Crippen LogP contribution in [0.25, 0.3) is 0 Å². The highest BCUT2D eigenvalue weighted by atomic mass is 15.3. The smallest absolute Gasteiger partial charge is 0.0250 e. The van der Waals surface area contributed by atoms with Crippen molar-refractivity contribution in [3.05, 3.63) is 0 Å². The zero-order chi connectivity index (χ0) is 13.1. The molecule has 110 valence electrons. The van der Waals surface area contributed by atoms with Crippen LogP contribution in [0.5, 0.6) is 0 Å². The van der Waals surface area contributed by atoms with Gasteiger partial charge in [-0.25, -0.2) is 0 Å². The van der Waals surface area contributed by atoms with Gasteiger partial charge in [0.15, 0.2) is 0 Å². The lowest BCUT2D eigenvalue weighted by Gasteiger charge is -2.31. The molecule has 1 saturated carbocycles. The SMILES string of the molecule is CCCNC1CCCC1N1CCC(N2CCCC2)C1. The summed E-state index contributed by atoms with van der Waals surface area (Å²) in [5.74, 6) is 0. The molecule has 0 amide bonds. The highest BCUT2D eigenvalue weighted by Gasteiger charge is 2.37. The quantitative estimate of drug-likeness (QED) is 0.821. The zero-order valence-electron chi connectivity index (χ0n) is 12.6. The minimum atomic E-state index is 0.775. The van der Waals surface area contributed by atoms with Gasteiger partial charge in [0.05, 0.1) is 0 Å². The lowest BCUT2D eigenvalue weighted by atomic mass is 10.1. The highest BCUT2D eigenvalue weighted by molar-refractivity contribution is 4.95. The van der Waals surface area contributed by atoms with Crippen molar-refractivity contribution in [2.45, 2.75) is 70.0 Å². The van der Waals surface area contributed by atoms with Crippen LogP contribution in [-0.4, -0.2) is 60.6 Å². The van der Waals surface area contributed by atoms with Crippen LogP contribution in [0.15, 0.2) is 0 Å². The van der Waals surface area contributed by atoms with Crippen LogP contribution in [0.2, 0.25) is 0 Å². The second-order valence-electron chi connectivity index (χ2n) is 6.74. The van der Waals surface area contributed by atoms with E-state index in [2.05, 4.69) is 22.0 Å². The second kappa shape index (κ2) is 6.55. The van der Waals surface area contributed by atoms with Crippen LogP contribution in [0.3, 0.4) is 0 Å². The molecule has 3 atom stereocenters. The van der Waals surface area contributed by atoms with E-state index in [9.17, 15) is 0 Å². The van der Waals surface area contributed by atoms with E-state index >= 15 is 0 Å². The molecule has 1 aliphatic carbocycles. The molecule has 0 aromatic rings. The molecule has 3 aliphatic rings. The molecule has 2 aliphatic heterocycles. The number of hydrogen-bond donors (Lipinski definition) is 1. The predicted molar refractivity (Wildman–Crippen MR) is 80.5 cm³/mol. The molecule has 0 bridgehead atoms. The van der Waals surface area contributed by atoms with E-state index in [-0.39, 0.29) is 0 Å². The molecule has 3 unspecified atom stereocenters. The molecule has 2 saturated heterocycles. The monoisotopic (exact) mass is 265 g/mol. The van der Waals surface area contributed by atoms with E-state index in [0.29, 0.717) is 0 Å². The van der Waals surface area contributed by atoms with E-state index in [1.54, 1.807) is 0 Å². The van der Waals surface area contributed by atoms with Crippen molar-refractivity contribution < 1.29 is 0 Å². The summed E-state index contributed by atoms with van der Waals surface area (Å²) < 4.78 is 0. The van der Waals surface area contributed by atoms with Gasteiger partial charge in [-0.3, -0.25) is 9.80 Å². The molecule has 0 spiro atoms. The van der Waals surface area contributed by atoms with Crippen LogP contribution in [0.1, 0.15) is 51.9 Å². The Morgan fingerprint density at radius 3 is 2.58 bits per heavy atom. The summed E-state index contributed by atoms with van der Waals surface area (Å²) in [4.78, 5) is 5.56. The van der Waals surface area contributed by atoms with E-state index < -0.39 is 0 Å². The Morgan fingerprint density at radius 2 is 1.79 bits per heavy atom. The van der Waals surface area contributed by atoms with Gasteiger partial charge in [-0.1, -0.05) is 13.3 Å². The van der Waals surface area contributed by atoms with Gasteiger partial charge < -0.3 is 5.32 Å². The fourth-order valence-corrected chi connectivity index (χ4v) is 4.42. The van der Waals surface area contributed by atoms with Gasteiger partial charge in [-0.15, -0.1) is 0 Å². The fraction of sp³-hybridized carbons (Fsp3) is 1.00. The van der Waals surface area contributed by atoms with E-state index in [0.717, 1.165) is 18.1 Å². The molecule has 3 rings (SSSR count). The Kier molecular flexibility index (Phi) is 4.78. The third-order valence-electron chi connectivity index (χ3n) is 5.46. The van der Waals surface area contributed by atoms with Crippen molar-refractivity contribution in [1.82, 2.24) is 15.1 Å². The standard InChI is InChI=1S/C16H31N3/c1-2-9-17-15-6-5-7-16(15)19-12-8-14(13-19)18-10-3-4-11-18/h14-17H,2-13H2,1H3. The van der Waals surface area contributed by atoms with E-state index in [4.69, 9.17) is 0 Å². The van der Waals surface area contributed by atoms with Gasteiger partial charge in [0, 0.05) is 31.2 Å². The van der Waals surface area contributed by atoms with E-state index in [1.165, 1.54) is 77.7 Å². The first-order valence-corrected chi connectivity index (χ1v) is 8.60. The lowest BCUT2D eigenvalue weighted by Crippen LogP contribution is -2.47. The maximum Gasteiger partial charge on any atom is 0.0250 e. The van der Waals surface area contributed by atoms with Crippen LogP contribution in [0.4, 0.5) is 0 Å². The molecule has 1 N–H and O–H groups in total. The summed E-state index contributed by atoms with van der Waals surface area (Å²) in [6.07, 6.45) is 9.79. The Labute approximate surface area is 118 Å². The van der Waals surface area contributed by atoms with Gasteiger partial charge in [-0.2, -0.15) is 0 Å². The maximum absolute atomic E-state index is 3.79.